The van der Waals surface area contributed by atoms with Gasteiger partial charge in [-0.15, -0.1) is 0 Å². The number of nitrogens with one attached hydrogen (secondary N) is 1. The molecule has 130 valence electrons. The number of aromatic amines is 1. The van der Waals surface area contributed by atoms with Crippen LogP contribution in [0.4, 0.5) is 8.78 Å². The van der Waals surface area contributed by atoms with Gasteiger partial charge in [-0.25, -0.2) is 13.6 Å². The maximum atomic E-state index is 13.8. The second-order valence-corrected chi connectivity index (χ2v) is 6.56. The summed E-state index contributed by atoms with van der Waals surface area (Å²) in [6, 6.07) is 11.5. The number of nitrogens with zero attached hydrogens (tertiary/aromatic N) is 2. The van der Waals surface area contributed by atoms with Gasteiger partial charge in [-0.1, -0.05) is 18.2 Å². The number of imidazole rings is 1. The van der Waals surface area contributed by atoms with E-state index in [2.05, 4.69) is 9.88 Å². The molecule has 1 saturated heterocycles. The zero-order valence-electron chi connectivity index (χ0n) is 13.7. The number of hydrogen-bond donors (Lipinski definition) is 1. The minimum absolute atomic E-state index is 0.0794. The number of H-pyrrole nitrogens is 1. The Kier molecular flexibility index (Phi) is 4.13. The topological polar surface area (TPSA) is 41.0 Å². The lowest BCUT2D eigenvalue weighted by Crippen LogP contribution is -2.36. The molecule has 0 unspecified atom stereocenters. The maximum absolute atomic E-state index is 13.8. The van der Waals surface area contributed by atoms with E-state index in [9.17, 15) is 13.6 Å². The summed E-state index contributed by atoms with van der Waals surface area (Å²) in [5.41, 5.74) is 2.20. The highest BCUT2D eigenvalue weighted by molar-refractivity contribution is 5.75. The first kappa shape index (κ1) is 16.0. The number of likely N-dealkylation sites (tertiary alicyclic amines) is 1. The van der Waals surface area contributed by atoms with Crippen molar-refractivity contribution < 1.29 is 8.78 Å². The zero-order chi connectivity index (χ0) is 17.4. The summed E-state index contributed by atoms with van der Waals surface area (Å²) in [5.74, 6) is -1.06. The van der Waals surface area contributed by atoms with E-state index < -0.39 is 11.6 Å². The number of benzene rings is 2. The molecule has 1 N–H and O–H groups in total. The van der Waals surface area contributed by atoms with Crippen LogP contribution in [0, 0.1) is 11.6 Å². The molecular weight excluding hydrogens is 324 g/mol. The fourth-order valence-electron chi connectivity index (χ4n) is 3.66. The molecule has 1 aliphatic heterocycles. The SMILES string of the molecule is O=c1[nH]c2ccccc2n1C1CCN(Cc2ccc(F)cc2F)CC1. The van der Waals surface area contributed by atoms with Crippen molar-refractivity contribution in [2.75, 3.05) is 13.1 Å². The molecule has 25 heavy (non-hydrogen) atoms. The minimum Gasteiger partial charge on any atom is -0.306 e. The molecule has 4 nitrogen and oxygen atoms in total. The smallest absolute Gasteiger partial charge is 0.306 e. The molecule has 0 amide bonds. The third-order valence-corrected chi connectivity index (χ3v) is 4.96. The first-order valence-corrected chi connectivity index (χ1v) is 8.47. The summed E-state index contributed by atoms with van der Waals surface area (Å²) in [6.45, 7) is 2.00. The molecular formula is C19H19F2N3O. The van der Waals surface area contributed by atoms with Crippen LogP contribution in [0.5, 0.6) is 0 Å². The second-order valence-electron chi connectivity index (χ2n) is 6.56. The molecule has 0 atom stereocenters. The number of piperidine rings is 1. The number of halogens is 2. The lowest BCUT2D eigenvalue weighted by Gasteiger charge is -2.32. The molecule has 0 aliphatic carbocycles. The molecule has 1 aromatic heterocycles. The summed E-state index contributed by atoms with van der Waals surface area (Å²) in [4.78, 5) is 17.3. The van der Waals surface area contributed by atoms with Crippen LogP contribution in [-0.2, 0) is 6.54 Å². The summed E-state index contributed by atoms with van der Waals surface area (Å²) in [6.07, 6.45) is 1.65. The van der Waals surface area contributed by atoms with Gasteiger partial charge in [0.1, 0.15) is 11.6 Å². The van der Waals surface area contributed by atoms with E-state index >= 15 is 0 Å². The first-order chi connectivity index (χ1) is 12.1. The molecule has 1 fully saturated rings. The van der Waals surface area contributed by atoms with Crippen LogP contribution in [0.25, 0.3) is 11.0 Å². The molecule has 6 heteroatoms. The van der Waals surface area contributed by atoms with Gasteiger partial charge in [0.25, 0.3) is 0 Å². The third-order valence-electron chi connectivity index (χ3n) is 4.96. The third kappa shape index (κ3) is 3.09. The van der Waals surface area contributed by atoms with Crippen molar-refractivity contribution in [3.05, 3.63) is 70.1 Å². The monoisotopic (exact) mass is 343 g/mol. The Labute approximate surface area is 143 Å². The highest BCUT2D eigenvalue weighted by atomic mass is 19.1. The zero-order valence-corrected chi connectivity index (χ0v) is 13.7. The van der Waals surface area contributed by atoms with E-state index in [1.54, 1.807) is 0 Å². The molecule has 0 spiro atoms. The Morgan fingerprint density at radius 2 is 1.84 bits per heavy atom. The van der Waals surface area contributed by atoms with E-state index in [0.29, 0.717) is 12.1 Å². The molecule has 2 heterocycles. The lowest BCUT2D eigenvalue weighted by atomic mass is 10.0. The van der Waals surface area contributed by atoms with Crippen molar-refractivity contribution in [1.82, 2.24) is 14.5 Å². The highest BCUT2D eigenvalue weighted by Gasteiger charge is 2.24. The molecule has 0 bridgehead atoms. The Bertz CT molecular complexity index is 955. The van der Waals surface area contributed by atoms with Crippen molar-refractivity contribution in [3.63, 3.8) is 0 Å². The molecule has 2 aromatic carbocycles. The van der Waals surface area contributed by atoms with Gasteiger partial charge in [0.2, 0.25) is 0 Å². The molecule has 4 rings (SSSR count). The van der Waals surface area contributed by atoms with E-state index in [0.717, 1.165) is 43.0 Å². The summed E-state index contributed by atoms with van der Waals surface area (Å²) >= 11 is 0. The number of hydrogen-bond acceptors (Lipinski definition) is 2. The molecule has 0 saturated carbocycles. The average Bonchev–Trinajstić information content (AvgIpc) is 2.94. The van der Waals surface area contributed by atoms with Crippen molar-refractivity contribution >= 4 is 11.0 Å². The van der Waals surface area contributed by atoms with Gasteiger partial charge in [0, 0.05) is 37.3 Å². The van der Waals surface area contributed by atoms with Crippen LogP contribution < -0.4 is 5.69 Å². The normalized spacial score (nSPS) is 16.6. The Hall–Kier alpha value is -2.47. The van der Waals surface area contributed by atoms with Gasteiger partial charge in [-0.2, -0.15) is 0 Å². The molecule has 1 aliphatic rings. The fraction of sp³-hybridized carbons (Fsp3) is 0.316. The molecule has 0 radical (unpaired) electrons. The van der Waals surface area contributed by atoms with Crippen LogP contribution in [0.1, 0.15) is 24.4 Å². The van der Waals surface area contributed by atoms with Gasteiger partial charge in [-0.05, 0) is 31.0 Å². The minimum atomic E-state index is -0.557. The highest BCUT2D eigenvalue weighted by Crippen LogP contribution is 2.26. The predicted octanol–water partition coefficient (Wildman–Crippen LogP) is 3.44. The van der Waals surface area contributed by atoms with E-state index in [1.807, 2.05) is 28.8 Å². The van der Waals surface area contributed by atoms with Crippen molar-refractivity contribution in [2.45, 2.75) is 25.4 Å². The van der Waals surface area contributed by atoms with Gasteiger partial charge in [0.05, 0.1) is 11.0 Å². The Balaban J connectivity index is 1.48. The fourth-order valence-corrected chi connectivity index (χ4v) is 3.66. The number of fused-ring (bicyclic) bond motifs is 1. The average molecular weight is 343 g/mol. The van der Waals surface area contributed by atoms with Crippen molar-refractivity contribution in [1.29, 1.82) is 0 Å². The molecule has 3 aromatic rings. The number of para-hydroxylation sites is 2. The van der Waals surface area contributed by atoms with E-state index in [-0.39, 0.29) is 11.7 Å². The lowest BCUT2D eigenvalue weighted by molar-refractivity contribution is 0.178. The van der Waals surface area contributed by atoms with Crippen LogP contribution in [0.3, 0.4) is 0 Å². The van der Waals surface area contributed by atoms with Gasteiger partial charge >= 0.3 is 5.69 Å². The quantitative estimate of drug-likeness (QED) is 0.791. The standard InChI is InChI=1S/C19H19F2N3O/c20-14-6-5-13(16(21)11-14)12-23-9-7-15(8-10-23)24-18-4-2-1-3-17(18)22-19(24)25/h1-6,11,15H,7-10,12H2,(H,22,25). The number of rotatable bonds is 3. The van der Waals surface area contributed by atoms with E-state index in [1.165, 1.54) is 12.1 Å². The first-order valence-electron chi connectivity index (χ1n) is 8.47. The van der Waals surface area contributed by atoms with E-state index in [4.69, 9.17) is 0 Å². The van der Waals surface area contributed by atoms with Gasteiger partial charge in [0.15, 0.2) is 0 Å². The Morgan fingerprint density at radius 1 is 1.08 bits per heavy atom. The van der Waals surface area contributed by atoms with Gasteiger partial charge < -0.3 is 4.98 Å². The predicted molar refractivity (Wildman–Crippen MR) is 92.5 cm³/mol. The van der Waals surface area contributed by atoms with Crippen LogP contribution in [-0.4, -0.2) is 27.5 Å². The summed E-state index contributed by atoms with van der Waals surface area (Å²) in [7, 11) is 0. The van der Waals surface area contributed by atoms with Crippen molar-refractivity contribution in [3.8, 4) is 0 Å². The van der Waals surface area contributed by atoms with Crippen molar-refractivity contribution in [2.24, 2.45) is 0 Å². The van der Waals surface area contributed by atoms with Gasteiger partial charge in [-0.3, -0.25) is 9.47 Å². The Morgan fingerprint density at radius 3 is 2.60 bits per heavy atom. The largest absolute Gasteiger partial charge is 0.326 e. The maximum Gasteiger partial charge on any atom is 0.326 e. The summed E-state index contributed by atoms with van der Waals surface area (Å²) in [5, 5.41) is 0. The number of aromatic nitrogens is 2. The second kappa shape index (κ2) is 6.44. The van der Waals surface area contributed by atoms with Crippen LogP contribution >= 0.6 is 0 Å². The summed E-state index contributed by atoms with van der Waals surface area (Å²) < 4.78 is 28.7. The van der Waals surface area contributed by atoms with Crippen LogP contribution in [0.2, 0.25) is 0 Å². The van der Waals surface area contributed by atoms with Crippen LogP contribution in [0.15, 0.2) is 47.3 Å².